The van der Waals surface area contributed by atoms with Gasteiger partial charge in [-0.3, -0.25) is 9.89 Å². The van der Waals surface area contributed by atoms with Crippen LogP contribution < -0.4 is 10.6 Å². The Morgan fingerprint density at radius 3 is 2.19 bits per heavy atom. The summed E-state index contributed by atoms with van der Waals surface area (Å²) in [6, 6.07) is 1.07. The molecule has 0 aromatic heterocycles. The van der Waals surface area contributed by atoms with Crippen LogP contribution in [0.1, 0.15) is 34.1 Å². The summed E-state index contributed by atoms with van der Waals surface area (Å²) in [5.74, 6) is 2.54. The van der Waals surface area contributed by atoms with E-state index in [2.05, 4.69) is 48.2 Å². The number of aliphatic imine (C=N–C) groups is 1. The van der Waals surface area contributed by atoms with Gasteiger partial charge in [-0.1, -0.05) is 0 Å². The standard InChI is InChI=1S/C17H37N5O2S2.HI/c1-15(2)22(16(3)4)9-6-7-19-17(18-5)20-8-14-26(23,24)21-10-12-25-13-11-21;/h15-16H,6-14H2,1-5H3,(H2,18,19,20);1H. The van der Waals surface area contributed by atoms with Crippen molar-refractivity contribution in [2.24, 2.45) is 4.99 Å². The molecule has 1 saturated heterocycles. The zero-order valence-electron chi connectivity index (χ0n) is 17.4. The van der Waals surface area contributed by atoms with Crippen LogP contribution in [0.2, 0.25) is 0 Å². The Balaban J connectivity index is 0.00000676. The van der Waals surface area contributed by atoms with Gasteiger partial charge < -0.3 is 10.6 Å². The molecule has 162 valence electrons. The lowest BCUT2D eigenvalue weighted by atomic mass is 10.2. The monoisotopic (exact) mass is 535 g/mol. The fraction of sp³-hybridized carbons (Fsp3) is 0.941. The molecule has 0 saturated carbocycles. The molecular weight excluding hydrogens is 497 g/mol. The Morgan fingerprint density at radius 2 is 1.67 bits per heavy atom. The average Bonchev–Trinajstić information content (AvgIpc) is 2.60. The summed E-state index contributed by atoms with van der Waals surface area (Å²) in [5, 5.41) is 6.38. The molecular formula is C17H38IN5O2S2. The first-order valence-electron chi connectivity index (χ1n) is 9.53. The molecule has 0 bridgehead atoms. The van der Waals surface area contributed by atoms with Crippen LogP contribution in [0.3, 0.4) is 0 Å². The Bertz CT molecular complexity index is 515. The topological polar surface area (TPSA) is 77.0 Å². The van der Waals surface area contributed by atoms with E-state index in [1.807, 2.05) is 11.8 Å². The first kappa shape index (κ1) is 27.2. The minimum atomic E-state index is -3.17. The molecule has 2 N–H and O–H groups in total. The summed E-state index contributed by atoms with van der Waals surface area (Å²) in [7, 11) is -1.47. The first-order chi connectivity index (χ1) is 12.3. The van der Waals surface area contributed by atoms with Crippen LogP contribution in [0.5, 0.6) is 0 Å². The summed E-state index contributed by atoms with van der Waals surface area (Å²) in [6.45, 7) is 12.3. The molecule has 7 nitrogen and oxygen atoms in total. The number of hydrogen-bond donors (Lipinski definition) is 2. The van der Waals surface area contributed by atoms with Crippen LogP contribution in [-0.2, 0) is 10.0 Å². The van der Waals surface area contributed by atoms with Crippen LogP contribution in [-0.4, -0.2) is 92.7 Å². The molecule has 27 heavy (non-hydrogen) atoms. The van der Waals surface area contributed by atoms with E-state index in [9.17, 15) is 8.42 Å². The van der Waals surface area contributed by atoms with E-state index in [1.165, 1.54) is 0 Å². The van der Waals surface area contributed by atoms with E-state index in [4.69, 9.17) is 0 Å². The van der Waals surface area contributed by atoms with Gasteiger partial charge in [0.15, 0.2) is 5.96 Å². The fourth-order valence-electron chi connectivity index (χ4n) is 3.05. The van der Waals surface area contributed by atoms with E-state index >= 15 is 0 Å². The van der Waals surface area contributed by atoms with Crippen molar-refractivity contribution in [3.05, 3.63) is 0 Å². The number of sulfonamides is 1. The minimum absolute atomic E-state index is 0. The lowest BCUT2D eigenvalue weighted by molar-refractivity contribution is 0.173. The van der Waals surface area contributed by atoms with Crippen molar-refractivity contribution in [3.8, 4) is 0 Å². The third kappa shape index (κ3) is 10.5. The van der Waals surface area contributed by atoms with Crippen molar-refractivity contribution in [2.45, 2.75) is 46.2 Å². The maximum atomic E-state index is 12.3. The van der Waals surface area contributed by atoms with Crippen LogP contribution in [0.15, 0.2) is 4.99 Å². The average molecular weight is 536 g/mol. The Hall–Kier alpha value is 0.220. The van der Waals surface area contributed by atoms with E-state index in [-0.39, 0.29) is 29.7 Å². The number of halogens is 1. The molecule has 1 rings (SSSR count). The predicted molar refractivity (Wildman–Crippen MR) is 129 cm³/mol. The van der Waals surface area contributed by atoms with E-state index < -0.39 is 10.0 Å². The molecule has 1 aliphatic rings. The van der Waals surface area contributed by atoms with E-state index in [0.717, 1.165) is 31.0 Å². The van der Waals surface area contributed by atoms with Gasteiger partial charge in [0.05, 0.1) is 5.75 Å². The molecule has 0 aromatic carbocycles. The Kier molecular flexibility index (Phi) is 14.4. The second kappa shape index (κ2) is 14.2. The maximum Gasteiger partial charge on any atom is 0.215 e. The van der Waals surface area contributed by atoms with Crippen molar-refractivity contribution in [1.82, 2.24) is 19.8 Å². The number of nitrogens with zero attached hydrogens (tertiary/aromatic N) is 3. The van der Waals surface area contributed by atoms with Crippen molar-refractivity contribution in [2.75, 3.05) is 57.0 Å². The number of nitrogens with one attached hydrogen (secondary N) is 2. The van der Waals surface area contributed by atoms with Crippen molar-refractivity contribution in [3.63, 3.8) is 0 Å². The van der Waals surface area contributed by atoms with Gasteiger partial charge in [-0.15, -0.1) is 24.0 Å². The third-order valence-corrected chi connectivity index (χ3v) is 7.27. The molecule has 0 atom stereocenters. The molecule has 0 aliphatic carbocycles. The number of rotatable bonds is 10. The van der Waals surface area contributed by atoms with Crippen LogP contribution in [0.4, 0.5) is 0 Å². The van der Waals surface area contributed by atoms with Gasteiger partial charge in [-0.25, -0.2) is 12.7 Å². The molecule has 0 radical (unpaired) electrons. The predicted octanol–water partition coefficient (Wildman–Crippen LogP) is 1.66. The summed E-state index contributed by atoms with van der Waals surface area (Å²) in [4.78, 5) is 6.64. The van der Waals surface area contributed by atoms with Gasteiger partial charge in [0.2, 0.25) is 10.0 Å². The second-order valence-electron chi connectivity index (χ2n) is 7.03. The van der Waals surface area contributed by atoms with Gasteiger partial charge in [0, 0.05) is 63.4 Å². The summed E-state index contributed by atoms with van der Waals surface area (Å²) >= 11 is 1.81. The van der Waals surface area contributed by atoms with Gasteiger partial charge in [-0.05, 0) is 34.1 Å². The molecule has 0 spiro atoms. The molecule has 1 heterocycles. The van der Waals surface area contributed by atoms with Crippen molar-refractivity contribution >= 4 is 51.7 Å². The molecule has 0 unspecified atom stereocenters. The number of hydrogen-bond acceptors (Lipinski definition) is 5. The zero-order chi connectivity index (χ0) is 19.6. The minimum Gasteiger partial charge on any atom is -0.356 e. The van der Waals surface area contributed by atoms with Crippen LogP contribution in [0.25, 0.3) is 0 Å². The van der Waals surface area contributed by atoms with Crippen LogP contribution >= 0.6 is 35.7 Å². The molecule has 10 heteroatoms. The highest BCUT2D eigenvalue weighted by Crippen LogP contribution is 2.13. The summed E-state index contributed by atoms with van der Waals surface area (Å²) < 4.78 is 26.3. The zero-order valence-corrected chi connectivity index (χ0v) is 21.4. The molecule has 0 aromatic rings. The lowest BCUT2D eigenvalue weighted by Crippen LogP contribution is -2.44. The summed E-state index contributed by atoms with van der Waals surface area (Å²) in [6.07, 6.45) is 1.01. The SMILES string of the molecule is CN=C(NCCCN(C(C)C)C(C)C)NCCS(=O)(=O)N1CCSCC1.I. The van der Waals surface area contributed by atoms with Crippen molar-refractivity contribution in [1.29, 1.82) is 0 Å². The molecule has 0 amide bonds. The Morgan fingerprint density at radius 1 is 1.11 bits per heavy atom. The normalized spacial score (nSPS) is 16.7. The highest BCUT2D eigenvalue weighted by Gasteiger charge is 2.23. The second-order valence-corrected chi connectivity index (χ2v) is 10.3. The van der Waals surface area contributed by atoms with Gasteiger partial charge in [-0.2, -0.15) is 11.8 Å². The molecule has 1 aliphatic heterocycles. The quantitative estimate of drug-likeness (QED) is 0.192. The summed E-state index contributed by atoms with van der Waals surface area (Å²) in [5.41, 5.74) is 0. The third-order valence-electron chi connectivity index (χ3n) is 4.45. The lowest BCUT2D eigenvalue weighted by Gasteiger charge is -2.30. The van der Waals surface area contributed by atoms with Gasteiger partial charge >= 0.3 is 0 Å². The fourth-order valence-corrected chi connectivity index (χ4v) is 5.55. The van der Waals surface area contributed by atoms with Gasteiger partial charge in [0.1, 0.15) is 0 Å². The van der Waals surface area contributed by atoms with Crippen molar-refractivity contribution < 1.29 is 8.42 Å². The van der Waals surface area contributed by atoms with E-state index in [0.29, 0.717) is 37.7 Å². The van der Waals surface area contributed by atoms with Gasteiger partial charge in [0.25, 0.3) is 0 Å². The smallest absolute Gasteiger partial charge is 0.215 e. The number of thioether (sulfide) groups is 1. The largest absolute Gasteiger partial charge is 0.356 e. The maximum absolute atomic E-state index is 12.3. The molecule has 1 fully saturated rings. The van der Waals surface area contributed by atoms with E-state index in [1.54, 1.807) is 11.4 Å². The highest BCUT2D eigenvalue weighted by molar-refractivity contribution is 14.0. The highest BCUT2D eigenvalue weighted by atomic mass is 127. The number of guanidine groups is 1. The van der Waals surface area contributed by atoms with Crippen LogP contribution in [0, 0.1) is 0 Å². The first-order valence-corrected chi connectivity index (χ1v) is 12.3. The Labute approximate surface area is 187 Å².